The maximum atomic E-state index is 7.87. The fraction of sp³-hybridized carbons (Fsp3) is 1.00. The van der Waals surface area contributed by atoms with Crippen LogP contribution in [-0.4, -0.2) is 20.1 Å². The van der Waals surface area contributed by atoms with Crippen molar-refractivity contribution in [3.05, 3.63) is 0 Å². The second-order valence-electron chi connectivity index (χ2n) is 11.4. The molecular weight excluding hydrogens is 410 g/mol. The lowest BCUT2D eigenvalue weighted by atomic mass is 10.0. The zero-order valence-corrected chi connectivity index (χ0v) is 24.4. The molecule has 0 radical (unpaired) electrons. The lowest BCUT2D eigenvalue weighted by Gasteiger charge is -2.13. The van der Waals surface area contributed by atoms with Gasteiger partial charge in [-0.2, -0.15) is 0 Å². The Morgan fingerprint density at radius 1 is 0.324 bits per heavy atom. The zero-order valence-electron chi connectivity index (χ0n) is 25.4. The predicted octanol–water partition coefficient (Wildman–Crippen LogP) is 10.5. The van der Waals surface area contributed by atoms with Crippen LogP contribution in [0, 0.1) is 0 Å². The van der Waals surface area contributed by atoms with E-state index in [1.807, 2.05) is 0 Å². The van der Waals surface area contributed by atoms with Crippen molar-refractivity contribution in [2.75, 3.05) is 20.1 Å². The van der Waals surface area contributed by atoms with Gasteiger partial charge in [0, 0.05) is 0 Å². The molecule has 0 heterocycles. The lowest BCUT2D eigenvalue weighted by Crippen LogP contribution is -3.09. The summed E-state index contributed by atoms with van der Waals surface area (Å²) in [6, 6.07) is 0. The quantitative estimate of drug-likeness (QED) is 0.0973. The average molecular weight is 482 g/mol. The largest absolute Gasteiger partial charge is 0.337 e. The first-order valence-electron chi connectivity index (χ1n) is 17.2. The van der Waals surface area contributed by atoms with Gasteiger partial charge in [0.15, 0.2) is 0 Å². The molecule has 0 fully saturated rings. The number of rotatable bonds is 30. The van der Waals surface area contributed by atoms with Crippen molar-refractivity contribution < 1.29 is 6.27 Å². The minimum absolute atomic E-state index is 0.580. The average Bonchev–Trinajstić information content (AvgIpc) is 2.87. The standard InChI is InChI=1S/C33H69N/c1-4-6-8-10-12-14-16-18-20-22-24-26-28-30-32-34(3)33-31-29-27-25-23-21-19-17-15-13-11-9-7-5-2/h4-33H2,1-3H3/p+1/i3D. The van der Waals surface area contributed by atoms with Crippen molar-refractivity contribution in [3.63, 3.8) is 0 Å². The van der Waals surface area contributed by atoms with E-state index in [-0.39, 0.29) is 0 Å². The number of quaternary nitrogens is 1. The minimum atomic E-state index is 0.580. The van der Waals surface area contributed by atoms with Crippen LogP contribution in [0.3, 0.4) is 0 Å². The molecule has 0 aliphatic rings. The van der Waals surface area contributed by atoms with Crippen molar-refractivity contribution in [2.24, 2.45) is 0 Å². The molecule has 0 aromatic rings. The second-order valence-corrected chi connectivity index (χ2v) is 11.4. The fourth-order valence-corrected chi connectivity index (χ4v) is 5.26. The van der Waals surface area contributed by atoms with Crippen molar-refractivity contribution in [1.29, 1.82) is 0 Å². The molecule has 0 aliphatic heterocycles. The normalized spacial score (nSPS) is 12.0. The maximum Gasteiger partial charge on any atom is 0.0886 e. The molecule has 0 amide bonds. The highest BCUT2D eigenvalue weighted by molar-refractivity contribution is 4.51. The summed E-state index contributed by atoms with van der Waals surface area (Å²) >= 11 is 0. The van der Waals surface area contributed by atoms with Crippen LogP contribution < -0.4 is 4.90 Å². The van der Waals surface area contributed by atoms with Gasteiger partial charge in [-0.15, -0.1) is 0 Å². The molecule has 0 saturated carbocycles. The van der Waals surface area contributed by atoms with E-state index in [0.717, 1.165) is 0 Å². The molecule has 0 aromatic heterocycles. The number of hydrogen-bond donors (Lipinski definition) is 1. The Hall–Kier alpha value is -0.0400. The smallest absolute Gasteiger partial charge is 0.0886 e. The van der Waals surface area contributed by atoms with E-state index >= 15 is 0 Å². The van der Waals surface area contributed by atoms with E-state index in [2.05, 4.69) is 13.8 Å². The number of nitrogens with one attached hydrogen (secondary N) is 1. The summed E-state index contributed by atoms with van der Waals surface area (Å²) in [6.45, 7) is 7.07. The first-order valence-corrected chi connectivity index (χ1v) is 16.5. The summed E-state index contributed by atoms with van der Waals surface area (Å²) in [6.07, 6.45) is 40.1. The van der Waals surface area contributed by atoms with E-state index in [1.54, 1.807) is 0 Å². The Morgan fingerprint density at radius 3 is 0.735 bits per heavy atom. The highest BCUT2D eigenvalue weighted by Crippen LogP contribution is 2.14. The third-order valence-electron chi connectivity index (χ3n) is 7.77. The molecule has 1 heteroatoms. The molecule has 0 atom stereocenters. The zero-order chi connectivity index (χ0) is 25.5. The fourth-order valence-electron chi connectivity index (χ4n) is 5.26. The van der Waals surface area contributed by atoms with E-state index in [0.29, 0.717) is 7.02 Å². The van der Waals surface area contributed by atoms with Gasteiger partial charge in [0.1, 0.15) is 0 Å². The molecule has 0 rings (SSSR count). The van der Waals surface area contributed by atoms with Crippen LogP contribution in [0.25, 0.3) is 0 Å². The molecule has 0 aliphatic carbocycles. The summed E-state index contributed by atoms with van der Waals surface area (Å²) in [5.74, 6) is 0. The molecule has 0 saturated heterocycles. The highest BCUT2D eigenvalue weighted by Gasteiger charge is 2.02. The summed E-state index contributed by atoms with van der Waals surface area (Å²) in [5, 5.41) is 0. The van der Waals surface area contributed by atoms with Gasteiger partial charge >= 0.3 is 0 Å². The molecule has 1 nitrogen and oxygen atoms in total. The van der Waals surface area contributed by atoms with Crippen molar-refractivity contribution in [2.45, 2.75) is 194 Å². The monoisotopic (exact) mass is 482 g/mol. The van der Waals surface area contributed by atoms with Crippen LogP contribution in [0.1, 0.15) is 195 Å². The van der Waals surface area contributed by atoms with Gasteiger partial charge in [-0.3, -0.25) is 0 Å². The number of hydrogen-bond acceptors (Lipinski definition) is 0. The topological polar surface area (TPSA) is 4.44 Å². The van der Waals surface area contributed by atoms with Gasteiger partial charge in [0.25, 0.3) is 0 Å². The van der Waals surface area contributed by atoms with Crippen LogP contribution in [0.2, 0.25) is 0 Å². The van der Waals surface area contributed by atoms with E-state index in [4.69, 9.17) is 1.37 Å². The van der Waals surface area contributed by atoms with Crippen molar-refractivity contribution >= 4 is 0 Å². The maximum absolute atomic E-state index is 7.87. The molecule has 0 aromatic carbocycles. The molecule has 206 valence electrons. The summed E-state index contributed by atoms with van der Waals surface area (Å²) in [5.41, 5.74) is 0. The van der Waals surface area contributed by atoms with Crippen LogP contribution >= 0.6 is 0 Å². The van der Waals surface area contributed by atoms with Gasteiger partial charge in [-0.25, -0.2) is 0 Å². The lowest BCUT2D eigenvalue weighted by molar-refractivity contribution is -0.880. The van der Waals surface area contributed by atoms with Crippen molar-refractivity contribution in [3.8, 4) is 0 Å². The SMILES string of the molecule is [2H]C[NH+](CCCCCCCCCCCCCCCC)CCCCCCCCCCCCCCCC. The summed E-state index contributed by atoms with van der Waals surface area (Å²) in [4.78, 5) is 1.53. The Morgan fingerprint density at radius 2 is 0.529 bits per heavy atom. The van der Waals surface area contributed by atoms with E-state index < -0.39 is 0 Å². The van der Waals surface area contributed by atoms with Crippen LogP contribution in [-0.2, 0) is 0 Å². The summed E-state index contributed by atoms with van der Waals surface area (Å²) in [7, 11) is 0.580. The first kappa shape index (κ1) is 32.0. The Bertz CT molecular complexity index is 327. The van der Waals surface area contributed by atoms with Crippen LogP contribution in [0.15, 0.2) is 0 Å². The first-order chi connectivity index (χ1) is 17.3. The minimum Gasteiger partial charge on any atom is -0.337 e. The van der Waals surface area contributed by atoms with Crippen molar-refractivity contribution in [1.82, 2.24) is 0 Å². The third kappa shape index (κ3) is 30.0. The highest BCUT2D eigenvalue weighted by atomic mass is 15.1. The molecule has 0 spiro atoms. The van der Waals surface area contributed by atoms with Crippen LogP contribution in [0.4, 0.5) is 0 Å². The molecule has 1 N–H and O–H groups in total. The number of unbranched alkanes of at least 4 members (excludes halogenated alkanes) is 26. The molecular formula is C33H70N+. The molecule has 0 bridgehead atoms. The summed E-state index contributed by atoms with van der Waals surface area (Å²) < 4.78 is 7.87. The van der Waals surface area contributed by atoms with E-state index in [9.17, 15) is 0 Å². The van der Waals surface area contributed by atoms with Gasteiger partial charge in [-0.05, 0) is 25.7 Å². The van der Waals surface area contributed by atoms with Gasteiger partial charge in [-0.1, -0.05) is 168 Å². The second kappa shape index (κ2) is 31.0. The Kier molecular flexibility index (Phi) is 29.2. The Labute approximate surface area is 220 Å². The molecule has 34 heavy (non-hydrogen) atoms. The third-order valence-corrected chi connectivity index (χ3v) is 7.77. The van der Waals surface area contributed by atoms with Gasteiger partial charge in [0.2, 0.25) is 0 Å². The Balaban J connectivity index is 3.25. The van der Waals surface area contributed by atoms with Crippen LogP contribution in [0.5, 0.6) is 0 Å². The van der Waals surface area contributed by atoms with Gasteiger partial charge < -0.3 is 4.90 Å². The van der Waals surface area contributed by atoms with Gasteiger partial charge in [0.05, 0.1) is 21.5 Å². The van der Waals surface area contributed by atoms with E-state index in [1.165, 1.54) is 198 Å². The predicted molar refractivity (Wildman–Crippen MR) is 157 cm³/mol. The molecule has 0 unspecified atom stereocenters.